The monoisotopic (exact) mass is 305 g/mol. The Kier molecular flexibility index (Phi) is 3.61. The van der Waals surface area contributed by atoms with E-state index in [1.807, 2.05) is 0 Å². The van der Waals surface area contributed by atoms with Crippen molar-refractivity contribution in [3.63, 3.8) is 0 Å². The van der Waals surface area contributed by atoms with Gasteiger partial charge in [0, 0.05) is 4.47 Å². The number of anilines is 1. The molecule has 90 valence electrons. The standard InChI is InChI=1S/C8H5BrF5NO/c9-3-1-2-4(16-8(12,13)14)5(6(3)15)7(10)11/h1-2,7H,15H2. The molecule has 16 heavy (non-hydrogen) atoms. The molecule has 0 amide bonds. The molecule has 0 saturated carbocycles. The van der Waals surface area contributed by atoms with Gasteiger partial charge in [-0.05, 0) is 28.1 Å². The van der Waals surface area contributed by atoms with E-state index in [0.717, 1.165) is 12.1 Å². The van der Waals surface area contributed by atoms with Gasteiger partial charge in [-0.1, -0.05) is 0 Å². The average Bonchev–Trinajstić information content (AvgIpc) is 2.08. The first-order valence-electron chi connectivity index (χ1n) is 3.84. The molecule has 0 unspecified atom stereocenters. The van der Waals surface area contributed by atoms with Gasteiger partial charge in [-0.3, -0.25) is 0 Å². The number of benzene rings is 1. The normalized spacial score (nSPS) is 11.9. The highest BCUT2D eigenvalue weighted by atomic mass is 79.9. The van der Waals surface area contributed by atoms with E-state index in [-0.39, 0.29) is 4.47 Å². The molecule has 0 radical (unpaired) electrons. The van der Waals surface area contributed by atoms with Gasteiger partial charge in [0.05, 0.1) is 11.3 Å². The maximum atomic E-state index is 12.5. The molecule has 0 heterocycles. The summed E-state index contributed by atoms with van der Waals surface area (Å²) in [5, 5.41) is 0. The number of halogens is 6. The molecule has 0 saturated heterocycles. The maximum absolute atomic E-state index is 12.5. The van der Waals surface area contributed by atoms with E-state index in [9.17, 15) is 22.0 Å². The van der Waals surface area contributed by atoms with Crippen molar-refractivity contribution < 1.29 is 26.7 Å². The molecule has 0 aliphatic carbocycles. The largest absolute Gasteiger partial charge is 0.573 e. The fourth-order valence-corrected chi connectivity index (χ4v) is 1.37. The third kappa shape index (κ3) is 2.97. The molecule has 8 heteroatoms. The molecular weight excluding hydrogens is 301 g/mol. The van der Waals surface area contributed by atoms with Crippen LogP contribution >= 0.6 is 15.9 Å². The molecule has 2 nitrogen and oxygen atoms in total. The maximum Gasteiger partial charge on any atom is 0.573 e. The van der Waals surface area contributed by atoms with Crippen molar-refractivity contribution in [3.05, 3.63) is 22.2 Å². The Balaban J connectivity index is 3.24. The first kappa shape index (κ1) is 13.0. The van der Waals surface area contributed by atoms with Crippen LogP contribution in [0.3, 0.4) is 0 Å². The zero-order chi connectivity index (χ0) is 12.5. The molecular formula is C8H5BrF5NO. The molecule has 0 spiro atoms. The smallest absolute Gasteiger partial charge is 0.405 e. The Bertz CT molecular complexity index is 393. The Morgan fingerprint density at radius 1 is 1.25 bits per heavy atom. The van der Waals surface area contributed by atoms with Gasteiger partial charge in [0.1, 0.15) is 5.75 Å². The van der Waals surface area contributed by atoms with Crippen LogP contribution in [0.15, 0.2) is 16.6 Å². The second-order valence-corrected chi connectivity index (χ2v) is 3.58. The molecule has 0 fully saturated rings. The van der Waals surface area contributed by atoms with Crippen LogP contribution in [-0.2, 0) is 0 Å². The summed E-state index contributed by atoms with van der Waals surface area (Å²) in [5.74, 6) is -0.997. The quantitative estimate of drug-likeness (QED) is 0.665. The van der Waals surface area contributed by atoms with E-state index in [1.54, 1.807) is 0 Å². The number of nitrogen functional groups attached to an aromatic ring is 1. The highest BCUT2D eigenvalue weighted by molar-refractivity contribution is 9.10. The molecule has 1 aromatic carbocycles. The minimum absolute atomic E-state index is 0.0809. The Morgan fingerprint density at radius 2 is 1.81 bits per heavy atom. The van der Waals surface area contributed by atoms with Crippen LogP contribution in [0.5, 0.6) is 5.75 Å². The van der Waals surface area contributed by atoms with Crippen molar-refractivity contribution in [2.75, 3.05) is 5.73 Å². The molecule has 0 bridgehead atoms. The van der Waals surface area contributed by atoms with Gasteiger partial charge in [0.15, 0.2) is 0 Å². The predicted octanol–water partition coefficient (Wildman–Crippen LogP) is 3.87. The molecule has 0 atom stereocenters. The van der Waals surface area contributed by atoms with Gasteiger partial charge in [-0.15, -0.1) is 13.2 Å². The number of hydrogen-bond acceptors (Lipinski definition) is 2. The average molecular weight is 306 g/mol. The van der Waals surface area contributed by atoms with E-state index < -0.39 is 29.8 Å². The fourth-order valence-electron chi connectivity index (χ4n) is 1.03. The fraction of sp³-hybridized carbons (Fsp3) is 0.250. The number of rotatable bonds is 2. The zero-order valence-electron chi connectivity index (χ0n) is 7.49. The van der Waals surface area contributed by atoms with Crippen LogP contribution in [0.4, 0.5) is 27.6 Å². The molecule has 0 aliphatic heterocycles. The summed E-state index contributed by atoms with van der Waals surface area (Å²) in [4.78, 5) is 0. The second-order valence-electron chi connectivity index (χ2n) is 2.72. The van der Waals surface area contributed by atoms with E-state index in [1.165, 1.54) is 0 Å². The SMILES string of the molecule is Nc1c(Br)ccc(OC(F)(F)F)c1C(F)F. The molecule has 1 rings (SSSR count). The molecule has 1 aromatic rings. The topological polar surface area (TPSA) is 35.2 Å². The Hall–Kier alpha value is -1.05. The molecule has 0 aromatic heterocycles. The molecule has 2 N–H and O–H groups in total. The summed E-state index contributed by atoms with van der Waals surface area (Å²) in [7, 11) is 0. The number of hydrogen-bond donors (Lipinski definition) is 1. The van der Waals surface area contributed by atoms with Crippen molar-refractivity contribution in [2.24, 2.45) is 0 Å². The van der Waals surface area contributed by atoms with Crippen molar-refractivity contribution in [3.8, 4) is 5.75 Å². The van der Waals surface area contributed by atoms with Crippen LogP contribution in [0.1, 0.15) is 12.0 Å². The number of alkyl halides is 5. The second kappa shape index (κ2) is 4.44. The lowest BCUT2D eigenvalue weighted by molar-refractivity contribution is -0.275. The third-order valence-corrected chi connectivity index (χ3v) is 2.33. The Morgan fingerprint density at radius 3 is 2.25 bits per heavy atom. The summed E-state index contributed by atoms with van der Waals surface area (Å²) in [6.07, 6.45) is -8.20. The number of ether oxygens (including phenoxy) is 1. The van der Waals surface area contributed by atoms with E-state index in [4.69, 9.17) is 5.73 Å². The van der Waals surface area contributed by atoms with Gasteiger partial charge in [-0.25, -0.2) is 8.78 Å². The number of nitrogens with two attached hydrogens (primary N) is 1. The van der Waals surface area contributed by atoms with Crippen LogP contribution in [0.2, 0.25) is 0 Å². The van der Waals surface area contributed by atoms with Gasteiger partial charge in [0.25, 0.3) is 6.43 Å². The first-order chi connectivity index (χ1) is 7.22. The van der Waals surface area contributed by atoms with E-state index in [2.05, 4.69) is 20.7 Å². The molecule has 0 aliphatic rings. The first-order valence-corrected chi connectivity index (χ1v) is 4.63. The highest BCUT2D eigenvalue weighted by Crippen LogP contribution is 2.40. The van der Waals surface area contributed by atoms with Crippen molar-refractivity contribution in [2.45, 2.75) is 12.8 Å². The van der Waals surface area contributed by atoms with Crippen LogP contribution in [0.25, 0.3) is 0 Å². The van der Waals surface area contributed by atoms with Crippen molar-refractivity contribution >= 4 is 21.6 Å². The van der Waals surface area contributed by atoms with E-state index in [0.29, 0.717) is 0 Å². The van der Waals surface area contributed by atoms with Gasteiger partial charge in [0.2, 0.25) is 0 Å². The summed E-state index contributed by atoms with van der Waals surface area (Å²) >= 11 is 2.83. The Labute approximate surface area is 95.3 Å². The summed E-state index contributed by atoms with van der Waals surface area (Å²) in [5.41, 5.74) is 3.77. The summed E-state index contributed by atoms with van der Waals surface area (Å²) in [6, 6.07) is 1.87. The predicted molar refractivity (Wildman–Crippen MR) is 50.2 cm³/mol. The third-order valence-electron chi connectivity index (χ3n) is 1.64. The van der Waals surface area contributed by atoms with Crippen molar-refractivity contribution in [1.29, 1.82) is 0 Å². The van der Waals surface area contributed by atoms with E-state index >= 15 is 0 Å². The summed E-state index contributed by atoms with van der Waals surface area (Å²) in [6.45, 7) is 0. The lowest BCUT2D eigenvalue weighted by Crippen LogP contribution is -2.18. The van der Waals surface area contributed by atoms with Crippen LogP contribution in [-0.4, -0.2) is 6.36 Å². The van der Waals surface area contributed by atoms with Crippen molar-refractivity contribution in [1.82, 2.24) is 0 Å². The van der Waals surface area contributed by atoms with Gasteiger partial charge >= 0.3 is 6.36 Å². The minimum atomic E-state index is -5.04. The van der Waals surface area contributed by atoms with Crippen LogP contribution < -0.4 is 10.5 Å². The lowest BCUT2D eigenvalue weighted by Gasteiger charge is -2.15. The lowest BCUT2D eigenvalue weighted by atomic mass is 10.1. The minimum Gasteiger partial charge on any atom is -0.405 e. The van der Waals surface area contributed by atoms with Gasteiger partial charge in [-0.2, -0.15) is 0 Å². The van der Waals surface area contributed by atoms with Gasteiger partial charge < -0.3 is 10.5 Å². The zero-order valence-corrected chi connectivity index (χ0v) is 9.07. The highest BCUT2D eigenvalue weighted by Gasteiger charge is 2.34. The summed E-state index contributed by atoms with van der Waals surface area (Å²) < 4.78 is 64.2. The van der Waals surface area contributed by atoms with Crippen LogP contribution in [0, 0.1) is 0 Å².